The van der Waals surface area contributed by atoms with E-state index < -0.39 is 10.0 Å². The first kappa shape index (κ1) is 19.4. The molecular formula is C16H22N4O3S3. The van der Waals surface area contributed by atoms with Crippen molar-refractivity contribution in [2.24, 2.45) is 5.92 Å². The molecule has 1 amide bonds. The van der Waals surface area contributed by atoms with Crippen molar-refractivity contribution in [3.8, 4) is 0 Å². The first-order valence-corrected chi connectivity index (χ1v) is 11.6. The molecule has 0 unspecified atom stereocenters. The highest BCUT2D eigenvalue weighted by Crippen LogP contribution is 2.28. The minimum Gasteiger partial charge on any atom is -0.300 e. The van der Waals surface area contributed by atoms with E-state index in [9.17, 15) is 13.2 Å². The van der Waals surface area contributed by atoms with Crippen molar-refractivity contribution in [1.82, 2.24) is 14.5 Å². The summed E-state index contributed by atoms with van der Waals surface area (Å²) in [4.78, 5) is 12.9. The molecule has 2 aromatic rings. The van der Waals surface area contributed by atoms with Gasteiger partial charge in [-0.05, 0) is 30.9 Å². The predicted octanol–water partition coefficient (Wildman–Crippen LogP) is 2.76. The third-order valence-corrected chi connectivity index (χ3v) is 8.24. The highest BCUT2D eigenvalue weighted by atomic mass is 32.2. The van der Waals surface area contributed by atoms with Crippen LogP contribution >= 0.6 is 22.7 Å². The van der Waals surface area contributed by atoms with Crippen LogP contribution in [0.2, 0.25) is 0 Å². The van der Waals surface area contributed by atoms with Crippen LogP contribution in [0.4, 0.5) is 5.13 Å². The summed E-state index contributed by atoms with van der Waals surface area (Å²) in [7, 11) is -3.42. The highest BCUT2D eigenvalue weighted by molar-refractivity contribution is 7.91. The summed E-state index contributed by atoms with van der Waals surface area (Å²) in [6.45, 7) is 5.35. The molecule has 0 aliphatic carbocycles. The van der Waals surface area contributed by atoms with Gasteiger partial charge in [0, 0.05) is 24.4 Å². The monoisotopic (exact) mass is 414 g/mol. The molecule has 0 bridgehead atoms. The van der Waals surface area contributed by atoms with Crippen LogP contribution in [0.3, 0.4) is 0 Å². The minimum absolute atomic E-state index is 0.124. The number of carbonyl (C=O) groups excluding carboxylic acids is 1. The van der Waals surface area contributed by atoms with Crippen LogP contribution in [0, 0.1) is 5.92 Å². The van der Waals surface area contributed by atoms with E-state index in [4.69, 9.17) is 0 Å². The van der Waals surface area contributed by atoms with Crippen LogP contribution in [-0.4, -0.2) is 41.9 Å². The van der Waals surface area contributed by atoms with Gasteiger partial charge in [0.05, 0.1) is 6.42 Å². The maximum absolute atomic E-state index is 12.5. The zero-order valence-electron chi connectivity index (χ0n) is 14.8. The van der Waals surface area contributed by atoms with Crippen LogP contribution in [0.5, 0.6) is 0 Å². The Labute approximate surface area is 161 Å². The lowest BCUT2D eigenvalue weighted by Crippen LogP contribution is -2.27. The van der Waals surface area contributed by atoms with Crippen LogP contribution in [0.25, 0.3) is 0 Å². The summed E-state index contributed by atoms with van der Waals surface area (Å²) in [6, 6.07) is 3.30. The number of aromatic nitrogens is 2. The number of hydrogen-bond donors (Lipinski definition) is 1. The number of nitrogens with one attached hydrogen (secondary N) is 1. The van der Waals surface area contributed by atoms with Crippen molar-refractivity contribution in [1.29, 1.82) is 0 Å². The topological polar surface area (TPSA) is 92.3 Å². The zero-order valence-corrected chi connectivity index (χ0v) is 17.2. The number of thiophene rings is 1. The molecule has 3 heterocycles. The molecule has 3 rings (SSSR count). The second kappa shape index (κ2) is 8.12. The summed E-state index contributed by atoms with van der Waals surface area (Å²) in [6.07, 6.45) is 2.76. The fourth-order valence-corrected chi connectivity index (χ4v) is 6.70. The van der Waals surface area contributed by atoms with E-state index in [-0.39, 0.29) is 12.3 Å². The van der Waals surface area contributed by atoms with Gasteiger partial charge in [-0.25, -0.2) is 8.42 Å². The van der Waals surface area contributed by atoms with Crippen LogP contribution in [-0.2, 0) is 27.7 Å². The van der Waals surface area contributed by atoms with Gasteiger partial charge in [0.1, 0.15) is 9.22 Å². The van der Waals surface area contributed by atoms with E-state index in [2.05, 4.69) is 29.4 Å². The molecule has 1 saturated heterocycles. The summed E-state index contributed by atoms with van der Waals surface area (Å²) in [5, 5.41) is 12.2. The molecular weight excluding hydrogens is 392 g/mol. The number of carbonyl (C=O) groups is 1. The number of anilines is 1. The number of nitrogens with zero attached hydrogens (tertiary/aromatic N) is 3. The maximum atomic E-state index is 12.5. The molecule has 10 heteroatoms. The van der Waals surface area contributed by atoms with Crippen LogP contribution in [0.1, 0.15) is 36.6 Å². The fraction of sp³-hybridized carbons (Fsp3) is 0.562. The number of rotatable bonds is 7. The molecule has 1 N–H and O–H groups in total. The maximum Gasteiger partial charge on any atom is 0.252 e. The highest BCUT2D eigenvalue weighted by Gasteiger charge is 2.28. The molecule has 7 nitrogen and oxygen atoms in total. The van der Waals surface area contributed by atoms with E-state index in [0.29, 0.717) is 33.2 Å². The van der Waals surface area contributed by atoms with Gasteiger partial charge in [-0.3, -0.25) is 4.79 Å². The SMILES string of the molecule is CC(C)Cc1nnc(NC(=O)Cc2ccc(S(=O)(=O)N3CCCC3)s2)s1. The molecule has 0 aromatic carbocycles. The van der Waals surface area contributed by atoms with Crippen molar-refractivity contribution >= 4 is 43.7 Å². The summed E-state index contributed by atoms with van der Waals surface area (Å²) in [5.74, 6) is 0.262. The van der Waals surface area contributed by atoms with Gasteiger partial charge in [0.25, 0.3) is 10.0 Å². The number of amides is 1. The lowest BCUT2D eigenvalue weighted by Gasteiger charge is -2.13. The van der Waals surface area contributed by atoms with E-state index >= 15 is 0 Å². The molecule has 1 aliphatic rings. The summed E-state index contributed by atoms with van der Waals surface area (Å²) in [5.41, 5.74) is 0. The van der Waals surface area contributed by atoms with E-state index in [0.717, 1.165) is 35.6 Å². The van der Waals surface area contributed by atoms with Crippen molar-refractivity contribution in [2.45, 2.75) is 43.7 Å². The van der Waals surface area contributed by atoms with Crippen LogP contribution in [0.15, 0.2) is 16.3 Å². The van der Waals surface area contributed by atoms with Crippen molar-refractivity contribution < 1.29 is 13.2 Å². The second-order valence-electron chi connectivity index (χ2n) is 6.66. The minimum atomic E-state index is -3.42. The van der Waals surface area contributed by atoms with Crippen molar-refractivity contribution in [3.05, 3.63) is 22.0 Å². The Morgan fingerprint density at radius 1 is 1.23 bits per heavy atom. The first-order valence-electron chi connectivity index (χ1n) is 8.55. The van der Waals surface area contributed by atoms with Crippen LogP contribution < -0.4 is 5.32 Å². The second-order valence-corrected chi connectivity index (χ2v) is 11.1. The normalized spacial score (nSPS) is 15.7. The Morgan fingerprint density at radius 3 is 2.65 bits per heavy atom. The summed E-state index contributed by atoms with van der Waals surface area (Å²) < 4.78 is 26.9. The molecule has 2 aromatic heterocycles. The van der Waals surface area contributed by atoms with Gasteiger partial charge >= 0.3 is 0 Å². The zero-order chi connectivity index (χ0) is 18.7. The van der Waals surface area contributed by atoms with Gasteiger partial charge in [-0.2, -0.15) is 4.31 Å². The van der Waals surface area contributed by atoms with E-state index in [1.54, 1.807) is 12.1 Å². The van der Waals surface area contributed by atoms with E-state index in [1.165, 1.54) is 15.6 Å². The predicted molar refractivity (Wildman–Crippen MR) is 103 cm³/mol. The average Bonchev–Trinajstić information content (AvgIpc) is 3.28. The Morgan fingerprint density at radius 2 is 1.96 bits per heavy atom. The molecule has 0 atom stereocenters. The van der Waals surface area contributed by atoms with E-state index in [1.807, 2.05) is 0 Å². The average molecular weight is 415 g/mol. The standard InChI is InChI=1S/C16H22N4O3S3/c1-11(2)9-14-18-19-16(25-14)17-13(21)10-12-5-6-15(24-12)26(22,23)20-7-3-4-8-20/h5-6,11H,3-4,7-10H2,1-2H3,(H,17,19,21). The largest absolute Gasteiger partial charge is 0.300 e. The van der Waals surface area contributed by atoms with Crippen molar-refractivity contribution in [2.75, 3.05) is 18.4 Å². The Bertz CT molecular complexity index is 867. The number of sulfonamides is 1. The Balaban J connectivity index is 1.60. The lowest BCUT2D eigenvalue weighted by molar-refractivity contribution is -0.115. The molecule has 0 radical (unpaired) electrons. The van der Waals surface area contributed by atoms with Gasteiger partial charge in [-0.15, -0.1) is 21.5 Å². The van der Waals surface area contributed by atoms with Gasteiger partial charge in [0.2, 0.25) is 11.0 Å². The molecule has 26 heavy (non-hydrogen) atoms. The smallest absolute Gasteiger partial charge is 0.252 e. The lowest BCUT2D eigenvalue weighted by atomic mass is 10.1. The van der Waals surface area contributed by atoms with Gasteiger partial charge in [0.15, 0.2) is 0 Å². The fourth-order valence-electron chi connectivity index (χ4n) is 2.71. The molecule has 0 saturated carbocycles. The first-order chi connectivity index (χ1) is 12.3. The van der Waals surface area contributed by atoms with Gasteiger partial charge < -0.3 is 5.32 Å². The Hall–Kier alpha value is -1.36. The van der Waals surface area contributed by atoms with Crippen molar-refractivity contribution in [3.63, 3.8) is 0 Å². The summed E-state index contributed by atoms with van der Waals surface area (Å²) >= 11 is 2.53. The Kier molecular flexibility index (Phi) is 6.06. The third-order valence-electron chi connectivity index (χ3n) is 3.93. The third kappa shape index (κ3) is 4.67. The molecule has 1 aliphatic heterocycles. The quantitative estimate of drug-likeness (QED) is 0.752. The molecule has 0 spiro atoms. The molecule has 1 fully saturated rings. The van der Waals surface area contributed by atoms with Gasteiger partial charge in [-0.1, -0.05) is 25.2 Å². The molecule has 142 valence electrons. The number of hydrogen-bond acceptors (Lipinski definition) is 7.